The molecule has 0 N–H and O–H groups in total. The smallest absolute Gasteiger partial charge is 0.255 e. The zero-order valence-corrected chi connectivity index (χ0v) is 11.4. The van der Waals surface area contributed by atoms with Crippen LogP contribution >= 0.6 is 27.7 Å². The average molecular weight is 301 g/mol. The van der Waals surface area contributed by atoms with Crippen molar-refractivity contribution in [1.82, 2.24) is 9.88 Å². The Morgan fingerprint density at radius 2 is 2.44 bits per heavy atom. The molecule has 0 aliphatic carbocycles. The molecule has 86 valence electrons. The largest absolute Gasteiger partial charge is 0.338 e. The van der Waals surface area contributed by atoms with Crippen LogP contribution in [0.5, 0.6) is 0 Å². The molecule has 2 heterocycles. The van der Waals surface area contributed by atoms with Crippen molar-refractivity contribution in [2.75, 3.05) is 18.6 Å². The van der Waals surface area contributed by atoms with E-state index in [9.17, 15) is 4.79 Å². The highest BCUT2D eigenvalue weighted by Gasteiger charge is 2.24. The number of aromatic nitrogens is 1. The van der Waals surface area contributed by atoms with Crippen LogP contribution in [0.15, 0.2) is 22.9 Å². The minimum atomic E-state index is 0.0568. The van der Waals surface area contributed by atoms with Crippen molar-refractivity contribution in [3.63, 3.8) is 0 Å². The quantitative estimate of drug-likeness (QED) is 0.841. The van der Waals surface area contributed by atoms with E-state index in [1.807, 2.05) is 29.8 Å². The van der Waals surface area contributed by atoms with Crippen molar-refractivity contribution >= 4 is 33.6 Å². The van der Waals surface area contributed by atoms with Gasteiger partial charge in [-0.15, -0.1) is 0 Å². The Kier molecular flexibility index (Phi) is 3.86. The zero-order chi connectivity index (χ0) is 11.5. The standard InChI is InChI=1S/C11H13BrN2OS/c1-14(10-2-3-16-7-10)11(15)8-4-9(12)6-13-5-8/h4-6,10H,2-3,7H2,1H3. The van der Waals surface area contributed by atoms with Crippen LogP contribution in [-0.4, -0.2) is 40.4 Å². The Hall–Kier alpha value is -0.550. The molecule has 1 amide bonds. The van der Waals surface area contributed by atoms with Crippen LogP contribution in [0.2, 0.25) is 0 Å². The topological polar surface area (TPSA) is 33.2 Å². The number of nitrogens with zero attached hydrogens (tertiary/aromatic N) is 2. The van der Waals surface area contributed by atoms with Crippen molar-refractivity contribution < 1.29 is 4.79 Å². The van der Waals surface area contributed by atoms with Crippen LogP contribution in [0.3, 0.4) is 0 Å². The third-order valence-electron chi connectivity index (χ3n) is 2.73. The lowest BCUT2D eigenvalue weighted by atomic mass is 10.2. The SMILES string of the molecule is CN(C(=O)c1cncc(Br)c1)C1CCSC1. The van der Waals surface area contributed by atoms with Crippen molar-refractivity contribution in [2.24, 2.45) is 0 Å². The van der Waals surface area contributed by atoms with E-state index in [4.69, 9.17) is 0 Å². The summed E-state index contributed by atoms with van der Waals surface area (Å²) >= 11 is 5.23. The average Bonchev–Trinajstić information content (AvgIpc) is 2.80. The molecule has 1 unspecified atom stereocenters. The van der Waals surface area contributed by atoms with Gasteiger partial charge < -0.3 is 4.90 Å². The maximum Gasteiger partial charge on any atom is 0.255 e. The van der Waals surface area contributed by atoms with Crippen LogP contribution in [-0.2, 0) is 0 Å². The fourth-order valence-electron chi connectivity index (χ4n) is 1.73. The number of halogens is 1. The Balaban J connectivity index is 2.12. The molecule has 0 saturated carbocycles. The van der Waals surface area contributed by atoms with Gasteiger partial charge >= 0.3 is 0 Å². The molecular formula is C11H13BrN2OS. The summed E-state index contributed by atoms with van der Waals surface area (Å²) in [5, 5.41) is 0. The Morgan fingerprint density at radius 3 is 3.06 bits per heavy atom. The van der Waals surface area contributed by atoms with Gasteiger partial charge in [0.1, 0.15) is 0 Å². The van der Waals surface area contributed by atoms with Gasteiger partial charge in [0, 0.05) is 35.7 Å². The number of rotatable bonds is 2. The highest BCUT2D eigenvalue weighted by molar-refractivity contribution is 9.10. The minimum Gasteiger partial charge on any atom is -0.338 e. The van der Waals surface area contributed by atoms with Gasteiger partial charge in [-0.1, -0.05) is 0 Å². The third-order valence-corrected chi connectivity index (χ3v) is 4.30. The molecule has 1 atom stereocenters. The molecule has 1 aliphatic heterocycles. The van der Waals surface area contributed by atoms with E-state index in [1.165, 1.54) is 0 Å². The molecule has 1 aromatic heterocycles. The molecule has 1 aromatic rings. The van der Waals surface area contributed by atoms with E-state index in [0.717, 1.165) is 22.4 Å². The van der Waals surface area contributed by atoms with Crippen molar-refractivity contribution in [1.29, 1.82) is 0 Å². The van der Waals surface area contributed by atoms with Crippen molar-refractivity contribution in [3.05, 3.63) is 28.5 Å². The predicted molar refractivity (Wildman–Crippen MR) is 69.8 cm³/mol. The Bertz CT molecular complexity index is 393. The Morgan fingerprint density at radius 1 is 1.62 bits per heavy atom. The summed E-state index contributed by atoms with van der Waals surface area (Å²) in [7, 11) is 1.87. The predicted octanol–water partition coefficient (Wildman–Crippen LogP) is 2.42. The molecule has 0 bridgehead atoms. The highest BCUT2D eigenvalue weighted by Crippen LogP contribution is 2.22. The van der Waals surface area contributed by atoms with Gasteiger partial charge in [0.05, 0.1) is 5.56 Å². The first kappa shape index (κ1) is 11.9. The summed E-state index contributed by atoms with van der Waals surface area (Å²) < 4.78 is 0.840. The maximum atomic E-state index is 12.1. The van der Waals surface area contributed by atoms with Crippen LogP contribution in [0.4, 0.5) is 0 Å². The molecule has 0 radical (unpaired) electrons. The molecule has 3 nitrogen and oxygen atoms in total. The van der Waals surface area contributed by atoms with Gasteiger partial charge in [-0.25, -0.2) is 0 Å². The number of amides is 1. The molecule has 2 rings (SSSR count). The van der Waals surface area contributed by atoms with Gasteiger partial charge in [0.25, 0.3) is 5.91 Å². The van der Waals surface area contributed by atoms with Crippen molar-refractivity contribution in [3.8, 4) is 0 Å². The second-order valence-corrected chi connectivity index (χ2v) is 5.89. The van der Waals surface area contributed by atoms with Crippen LogP contribution in [0.1, 0.15) is 16.8 Å². The first-order valence-electron chi connectivity index (χ1n) is 5.14. The minimum absolute atomic E-state index is 0.0568. The molecule has 1 aliphatic rings. The van der Waals surface area contributed by atoms with E-state index < -0.39 is 0 Å². The fourth-order valence-corrected chi connectivity index (χ4v) is 3.36. The van der Waals surface area contributed by atoms with Crippen LogP contribution in [0, 0.1) is 0 Å². The summed E-state index contributed by atoms with van der Waals surface area (Å²) in [5.74, 6) is 2.25. The summed E-state index contributed by atoms with van der Waals surface area (Å²) in [5.41, 5.74) is 0.647. The van der Waals surface area contributed by atoms with Crippen LogP contribution < -0.4 is 0 Å². The third kappa shape index (κ3) is 2.58. The van der Waals surface area contributed by atoms with E-state index in [-0.39, 0.29) is 5.91 Å². The summed E-state index contributed by atoms with van der Waals surface area (Å²) in [4.78, 5) is 18.0. The molecular weight excluding hydrogens is 288 g/mol. The first-order chi connectivity index (χ1) is 7.68. The maximum absolute atomic E-state index is 12.1. The summed E-state index contributed by atoms with van der Waals surface area (Å²) in [6.45, 7) is 0. The summed E-state index contributed by atoms with van der Waals surface area (Å²) in [6, 6.07) is 2.19. The zero-order valence-electron chi connectivity index (χ0n) is 9.02. The number of hydrogen-bond acceptors (Lipinski definition) is 3. The highest BCUT2D eigenvalue weighted by atomic mass is 79.9. The second-order valence-electron chi connectivity index (χ2n) is 3.83. The number of carbonyl (C=O) groups excluding carboxylic acids is 1. The Labute approximate surface area is 108 Å². The van der Waals surface area contributed by atoms with E-state index in [0.29, 0.717) is 11.6 Å². The molecule has 5 heteroatoms. The van der Waals surface area contributed by atoms with Gasteiger partial charge in [-0.3, -0.25) is 9.78 Å². The first-order valence-corrected chi connectivity index (χ1v) is 7.08. The van der Waals surface area contributed by atoms with E-state index in [1.54, 1.807) is 12.4 Å². The number of hydrogen-bond donors (Lipinski definition) is 0. The van der Waals surface area contributed by atoms with Crippen LogP contribution in [0.25, 0.3) is 0 Å². The normalized spacial score (nSPS) is 19.8. The molecule has 0 spiro atoms. The number of carbonyl (C=O) groups is 1. The lowest BCUT2D eigenvalue weighted by Crippen LogP contribution is -2.37. The molecule has 1 fully saturated rings. The van der Waals surface area contributed by atoms with E-state index >= 15 is 0 Å². The number of pyridine rings is 1. The second kappa shape index (κ2) is 5.19. The van der Waals surface area contributed by atoms with Gasteiger partial charge in [-0.05, 0) is 34.2 Å². The van der Waals surface area contributed by atoms with Gasteiger partial charge in [-0.2, -0.15) is 11.8 Å². The van der Waals surface area contributed by atoms with Gasteiger partial charge in [0.2, 0.25) is 0 Å². The van der Waals surface area contributed by atoms with Gasteiger partial charge in [0.15, 0.2) is 0 Å². The number of thioether (sulfide) groups is 1. The molecule has 0 aromatic carbocycles. The molecule has 1 saturated heterocycles. The lowest BCUT2D eigenvalue weighted by molar-refractivity contribution is 0.0747. The molecule has 16 heavy (non-hydrogen) atoms. The fraction of sp³-hybridized carbons (Fsp3) is 0.455. The summed E-state index contributed by atoms with van der Waals surface area (Å²) in [6.07, 6.45) is 4.39. The lowest BCUT2D eigenvalue weighted by Gasteiger charge is -2.23. The monoisotopic (exact) mass is 300 g/mol. The van der Waals surface area contributed by atoms with Crippen molar-refractivity contribution in [2.45, 2.75) is 12.5 Å². The van der Waals surface area contributed by atoms with E-state index in [2.05, 4.69) is 20.9 Å².